The van der Waals surface area contributed by atoms with Gasteiger partial charge in [-0.3, -0.25) is 0 Å². The van der Waals surface area contributed by atoms with Gasteiger partial charge in [-0.15, -0.1) is 0 Å². The van der Waals surface area contributed by atoms with Crippen molar-refractivity contribution in [2.45, 2.75) is 39.4 Å². The van der Waals surface area contributed by atoms with Gasteiger partial charge < -0.3 is 13.8 Å². The Morgan fingerprint density at radius 2 is 2.35 bits per heavy atom. The first-order valence-corrected chi connectivity index (χ1v) is 7.53. The van der Waals surface area contributed by atoms with Crippen molar-refractivity contribution in [1.82, 2.24) is 0 Å². The Morgan fingerprint density at radius 3 is 3.00 bits per heavy atom. The molecule has 1 aliphatic rings. The summed E-state index contributed by atoms with van der Waals surface area (Å²) in [4.78, 5) is 0. The number of ether oxygens (including phenoxy) is 1. The third-order valence-electron chi connectivity index (χ3n) is 3.11. The minimum absolute atomic E-state index is 0.0792. The van der Waals surface area contributed by atoms with E-state index in [1.165, 1.54) is 0 Å². The number of nitriles is 1. The maximum Gasteiger partial charge on any atom is 0.167 e. The van der Waals surface area contributed by atoms with Crippen molar-refractivity contribution in [3.05, 3.63) is 0 Å². The molecule has 0 bridgehead atoms. The molecule has 0 spiro atoms. The van der Waals surface area contributed by atoms with Crippen LogP contribution in [0, 0.1) is 23.2 Å². The Bertz CT molecular complexity index is 285. The third kappa shape index (κ3) is 4.52. The minimum atomic E-state index is -1.01. The summed E-state index contributed by atoms with van der Waals surface area (Å²) in [7, 11) is -1.01. The van der Waals surface area contributed by atoms with Gasteiger partial charge in [0.15, 0.2) is 8.38 Å². The molecule has 1 aliphatic heterocycles. The monoisotopic (exact) mass is 260 g/mol. The van der Waals surface area contributed by atoms with E-state index in [0.29, 0.717) is 31.5 Å². The van der Waals surface area contributed by atoms with Crippen molar-refractivity contribution in [3.8, 4) is 6.07 Å². The van der Waals surface area contributed by atoms with E-state index in [1.807, 2.05) is 12.7 Å². The molecule has 4 nitrogen and oxygen atoms in total. The lowest BCUT2D eigenvalue weighted by molar-refractivity contribution is -0.106. The summed E-state index contributed by atoms with van der Waals surface area (Å²) in [5.41, 5.74) is 0. The summed E-state index contributed by atoms with van der Waals surface area (Å²) in [6.07, 6.45) is 0.135. The molecular formula is C12H22NO3P. The molecule has 0 aromatic rings. The van der Waals surface area contributed by atoms with E-state index in [2.05, 4.69) is 13.8 Å². The van der Waals surface area contributed by atoms with Crippen LogP contribution in [0.3, 0.4) is 0 Å². The van der Waals surface area contributed by atoms with E-state index >= 15 is 0 Å². The molecule has 98 valence electrons. The second kappa shape index (κ2) is 7.28. The Balaban J connectivity index is 2.47. The second-order valence-electron chi connectivity index (χ2n) is 4.46. The van der Waals surface area contributed by atoms with Crippen molar-refractivity contribution in [3.63, 3.8) is 0 Å². The van der Waals surface area contributed by atoms with Gasteiger partial charge in [0.05, 0.1) is 31.3 Å². The maximum atomic E-state index is 8.45. The fourth-order valence-electron chi connectivity index (χ4n) is 1.77. The number of hydrogen-bond donors (Lipinski definition) is 0. The number of nitrogens with zero attached hydrogens (tertiary/aromatic N) is 1. The van der Waals surface area contributed by atoms with Gasteiger partial charge in [0.25, 0.3) is 0 Å². The van der Waals surface area contributed by atoms with E-state index in [-0.39, 0.29) is 19.1 Å². The molecule has 1 saturated heterocycles. The standard InChI is InChI=1S/C12H22NO3P/c1-9-8-14-11(3)12(10(9)2)16-17(4)15-7-5-6-13/h9-12H,5,7-8H2,1-4H3/t9-,10+,11-,12?,17?/m1/s1/i3D. The molecular weight excluding hydrogens is 237 g/mol. The zero-order valence-corrected chi connectivity index (χ0v) is 11.7. The number of hydrogen-bond acceptors (Lipinski definition) is 4. The summed E-state index contributed by atoms with van der Waals surface area (Å²) in [6, 6.07) is 2.04. The Labute approximate surface area is 107 Å². The zero-order valence-electron chi connectivity index (χ0n) is 11.8. The summed E-state index contributed by atoms with van der Waals surface area (Å²) in [6.45, 7) is 7.47. The van der Waals surface area contributed by atoms with E-state index in [1.54, 1.807) is 0 Å². The van der Waals surface area contributed by atoms with Gasteiger partial charge in [-0.1, -0.05) is 13.8 Å². The first-order chi connectivity index (χ1) is 8.60. The smallest absolute Gasteiger partial charge is 0.167 e. The van der Waals surface area contributed by atoms with Gasteiger partial charge in [0.2, 0.25) is 0 Å². The Morgan fingerprint density at radius 1 is 1.59 bits per heavy atom. The Hall–Kier alpha value is -0.200. The van der Waals surface area contributed by atoms with Crippen LogP contribution in [0.5, 0.6) is 0 Å². The molecule has 1 rings (SSSR count). The molecule has 0 aromatic heterocycles. The van der Waals surface area contributed by atoms with Gasteiger partial charge in [-0.05, 0) is 18.7 Å². The van der Waals surface area contributed by atoms with Gasteiger partial charge >= 0.3 is 0 Å². The van der Waals surface area contributed by atoms with E-state index in [4.69, 9.17) is 20.4 Å². The normalized spacial score (nSPS) is 36.0. The molecule has 0 radical (unpaired) electrons. The van der Waals surface area contributed by atoms with Gasteiger partial charge in [0, 0.05) is 14.6 Å². The first-order valence-electron chi connectivity index (χ1n) is 6.62. The van der Waals surface area contributed by atoms with Crippen molar-refractivity contribution < 1.29 is 15.2 Å². The molecule has 0 aromatic carbocycles. The molecule has 2 unspecified atom stereocenters. The van der Waals surface area contributed by atoms with Crippen LogP contribution in [0.25, 0.3) is 0 Å². The highest BCUT2D eigenvalue weighted by Gasteiger charge is 2.35. The van der Waals surface area contributed by atoms with Crippen LogP contribution in [0.2, 0.25) is 0 Å². The summed E-state index contributed by atoms with van der Waals surface area (Å²) < 4.78 is 24.5. The van der Waals surface area contributed by atoms with Crippen LogP contribution in [0.4, 0.5) is 0 Å². The molecule has 17 heavy (non-hydrogen) atoms. The van der Waals surface area contributed by atoms with E-state index in [0.717, 1.165) is 0 Å². The van der Waals surface area contributed by atoms with Gasteiger partial charge in [0.1, 0.15) is 0 Å². The lowest BCUT2D eigenvalue weighted by atomic mass is 9.86. The predicted octanol–water partition coefficient (Wildman–Crippen LogP) is 2.93. The fraction of sp³-hybridized carbons (Fsp3) is 0.917. The average molecular weight is 260 g/mol. The van der Waals surface area contributed by atoms with E-state index < -0.39 is 8.38 Å². The lowest BCUT2D eigenvalue weighted by Crippen LogP contribution is -2.43. The quantitative estimate of drug-likeness (QED) is 0.563. The van der Waals surface area contributed by atoms with Crippen LogP contribution in [0.1, 0.15) is 28.5 Å². The molecule has 0 N–H and O–H groups in total. The SMILES string of the molecule is [2H]C[C@H]1OC[C@@H](C)[C@H](C)C1OP(C)OCCC#N. The van der Waals surface area contributed by atoms with Crippen LogP contribution < -0.4 is 0 Å². The predicted molar refractivity (Wildman–Crippen MR) is 67.6 cm³/mol. The van der Waals surface area contributed by atoms with Crippen molar-refractivity contribution in [1.29, 1.82) is 5.26 Å². The third-order valence-corrected chi connectivity index (χ3v) is 4.20. The highest BCUT2D eigenvalue weighted by molar-refractivity contribution is 7.46. The molecule has 5 atom stereocenters. The molecule has 5 heteroatoms. The number of rotatable bonds is 5. The minimum Gasteiger partial charge on any atom is -0.375 e. The van der Waals surface area contributed by atoms with Crippen LogP contribution in [0.15, 0.2) is 0 Å². The Kier molecular flexibility index (Phi) is 5.67. The molecule has 0 amide bonds. The topological polar surface area (TPSA) is 51.5 Å². The van der Waals surface area contributed by atoms with Gasteiger partial charge in [-0.25, -0.2) is 0 Å². The average Bonchev–Trinajstić information content (AvgIpc) is 2.36. The van der Waals surface area contributed by atoms with E-state index in [9.17, 15) is 0 Å². The van der Waals surface area contributed by atoms with Crippen molar-refractivity contribution in [2.75, 3.05) is 19.9 Å². The van der Waals surface area contributed by atoms with Crippen molar-refractivity contribution >= 4 is 8.38 Å². The highest BCUT2D eigenvalue weighted by Crippen LogP contribution is 2.41. The zero-order chi connectivity index (χ0) is 13.5. The first kappa shape index (κ1) is 13.2. The molecule has 0 saturated carbocycles. The fourth-order valence-corrected chi connectivity index (χ4v) is 2.85. The molecule has 0 aliphatic carbocycles. The van der Waals surface area contributed by atoms with Crippen LogP contribution in [-0.2, 0) is 13.8 Å². The summed E-state index contributed by atoms with van der Waals surface area (Å²) >= 11 is 0. The van der Waals surface area contributed by atoms with Crippen molar-refractivity contribution in [2.24, 2.45) is 11.8 Å². The highest BCUT2D eigenvalue weighted by atomic mass is 31.2. The van der Waals surface area contributed by atoms with Gasteiger partial charge in [-0.2, -0.15) is 5.26 Å². The van der Waals surface area contributed by atoms with Crippen LogP contribution >= 0.6 is 8.38 Å². The summed E-state index contributed by atoms with van der Waals surface area (Å²) in [5, 5.41) is 8.45. The molecule has 1 fully saturated rings. The van der Waals surface area contributed by atoms with Crippen LogP contribution in [-0.4, -0.2) is 32.1 Å². The molecule has 1 heterocycles. The second-order valence-corrected chi connectivity index (χ2v) is 5.81. The summed E-state index contributed by atoms with van der Waals surface area (Å²) in [5.74, 6) is 0.791. The maximum absolute atomic E-state index is 8.45. The lowest BCUT2D eigenvalue weighted by Gasteiger charge is -2.39. The largest absolute Gasteiger partial charge is 0.375 e.